The molecule has 1 N–H and O–H groups in total. The van der Waals surface area contributed by atoms with Gasteiger partial charge in [0, 0.05) is 16.8 Å². The van der Waals surface area contributed by atoms with E-state index in [-0.39, 0.29) is 0 Å². The maximum absolute atomic E-state index is 5.89. The van der Waals surface area contributed by atoms with E-state index in [4.69, 9.17) is 23.8 Å². The van der Waals surface area contributed by atoms with Crippen LogP contribution >= 0.6 is 35.2 Å². The van der Waals surface area contributed by atoms with Gasteiger partial charge in [-0.2, -0.15) is 0 Å². The van der Waals surface area contributed by atoms with Gasteiger partial charge in [0.2, 0.25) is 0 Å². The van der Waals surface area contributed by atoms with Gasteiger partial charge in [0.1, 0.15) is 0 Å². The molecule has 0 unspecified atom stereocenters. The van der Waals surface area contributed by atoms with Gasteiger partial charge in [0.15, 0.2) is 4.77 Å². The highest BCUT2D eigenvalue weighted by Crippen LogP contribution is 2.22. The number of rotatable bonds is 3. The lowest BCUT2D eigenvalue weighted by atomic mass is 10.3. The van der Waals surface area contributed by atoms with E-state index >= 15 is 0 Å². The van der Waals surface area contributed by atoms with E-state index in [0.717, 1.165) is 22.1 Å². The summed E-state index contributed by atoms with van der Waals surface area (Å²) < 4.78 is 3.71. The Kier molecular flexibility index (Phi) is 3.29. The molecule has 0 saturated heterocycles. The fourth-order valence-corrected chi connectivity index (χ4v) is 2.81. The summed E-state index contributed by atoms with van der Waals surface area (Å²) in [5, 5.41) is 0. The molecule has 0 aliphatic carbocycles. The summed E-state index contributed by atoms with van der Waals surface area (Å²) in [5.41, 5.74) is 1.23. The minimum atomic E-state index is 0.774. The van der Waals surface area contributed by atoms with Crippen molar-refractivity contribution >= 4 is 35.2 Å². The van der Waals surface area contributed by atoms with Crippen molar-refractivity contribution in [2.24, 2.45) is 0 Å². The molecule has 5 heteroatoms. The molecule has 0 spiro atoms. The first kappa shape index (κ1) is 10.9. The molecule has 0 bridgehead atoms. The second-order valence-corrected chi connectivity index (χ2v) is 5.42. The van der Waals surface area contributed by atoms with Crippen molar-refractivity contribution < 1.29 is 0 Å². The maximum atomic E-state index is 5.89. The molecule has 0 radical (unpaired) electrons. The van der Waals surface area contributed by atoms with Crippen molar-refractivity contribution in [1.82, 2.24) is 9.55 Å². The minimum absolute atomic E-state index is 0.774. The molecule has 80 valence electrons. The van der Waals surface area contributed by atoms with Gasteiger partial charge in [-0.1, -0.05) is 18.5 Å². The van der Waals surface area contributed by atoms with E-state index in [1.807, 2.05) is 18.3 Å². The second-order valence-electron chi connectivity index (χ2n) is 3.23. The van der Waals surface area contributed by atoms with Crippen LogP contribution in [0.15, 0.2) is 18.3 Å². The normalized spacial score (nSPS) is 10.8. The van der Waals surface area contributed by atoms with Gasteiger partial charge in [-0.15, -0.1) is 11.3 Å². The first-order chi connectivity index (χ1) is 7.20. The maximum Gasteiger partial charge on any atom is 0.177 e. The predicted molar refractivity (Wildman–Crippen MR) is 67.4 cm³/mol. The zero-order chi connectivity index (χ0) is 10.8. The monoisotopic (exact) mass is 258 g/mol. The molecule has 15 heavy (non-hydrogen) atoms. The molecule has 0 aliphatic rings. The van der Waals surface area contributed by atoms with Gasteiger partial charge in [0.25, 0.3) is 0 Å². The lowest BCUT2D eigenvalue weighted by Crippen LogP contribution is -2.02. The molecule has 2 aromatic heterocycles. The lowest BCUT2D eigenvalue weighted by molar-refractivity contribution is 0.745. The van der Waals surface area contributed by atoms with E-state index < -0.39 is 0 Å². The Morgan fingerprint density at radius 1 is 1.53 bits per heavy atom. The highest BCUT2D eigenvalue weighted by molar-refractivity contribution is 7.71. The SMILES string of the molecule is CCc1c[nH]c(=S)n1Cc1ccc(Cl)s1. The highest BCUT2D eigenvalue weighted by Gasteiger charge is 2.04. The van der Waals surface area contributed by atoms with Crippen LogP contribution in [0.2, 0.25) is 4.34 Å². The number of nitrogens with one attached hydrogen (secondary N) is 1. The Bertz CT molecular complexity index is 509. The number of imidazole rings is 1. The zero-order valence-corrected chi connectivity index (χ0v) is 10.7. The van der Waals surface area contributed by atoms with Crippen LogP contribution in [0.3, 0.4) is 0 Å². The third-order valence-corrected chi connectivity index (χ3v) is 3.81. The van der Waals surface area contributed by atoms with Gasteiger partial charge < -0.3 is 9.55 Å². The summed E-state index contributed by atoms with van der Waals surface area (Å²) in [7, 11) is 0. The number of hydrogen-bond acceptors (Lipinski definition) is 2. The van der Waals surface area contributed by atoms with E-state index in [0.29, 0.717) is 0 Å². The van der Waals surface area contributed by atoms with Crippen LogP contribution in [0.5, 0.6) is 0 Å². The summed E-state index contributed by atoms with van der Waals surface area (Å²) in [6.45, 7) is 2.93. The van der Waals surface area contributed by atoms with Gasteiger partial charge in [0.05, 0.1) is 10.9 Å². The first-order valence-electron chi connectivity index (χ1n) is 4.72. The number of aromatic amines is 1. The summed E-state index contributed by atoms with van der Waals surface area (Å²) in [5.74, 6) is 0. The van der Waals surface area contributed by atoms with Crippen molar-refractivity contribution in [2.45, 2.75) is 19.9 Å². The van der Waals surface area contributed by atoms with Crippen LogP contribution in [0.1, 0.15) is 17.5 Å². The largest absolute Gasteiger partial charge is 0.337 e. The third-order valence-electron chi connectivity index (χ3n) is 2.26. The summed E-state index contributed by atoms with van der Waals surface area (Å²) in [4.78, 5) is 4.29. The van der Waals surface area contributed by atoms with Crippen molar-refractivity contribution in [3.05, 3.63) is 38.0 Å². The molecule has 0 atom stereocenters. The molecule has 2 rings (SSSR count). The van der Waals surface area contributed by atoms with Crippen molar-refractivity contribution in [3.8, 4) is 0 Å². The Labute approximate surface area is 103 Å². The summed E-state index contributed by atoms with van der Waals surface area (Å²) in [6, 6.07) is 3.96. The molecule has 2 heterocycles. The van der Waals surface area contributed by atoms with Crippen molar-refractivity contribution in [1.29, 1.82) is 0 Å². The second kappa shape index (κ2) is 4.51. The average molecular weight is 259 g/mol. The van der Waals surface area contributed by atoms with Crippen LogP contribution < -0.4 is 0 Å². The minimum Gasteiger partial charge on any atom is -0.337 e. The fourth-order valence-electron chi connectivity index (χ4n) is 1.49. The van der Waals surface area contributed by atoms with Crippen LogP contribution in [0.25, 0.3) is 0 Å². The Morgan fingerprint density at radius 2 is 2.33 bits per heavy atom. The number of aryl methyl sites for hydroxylation is 1. The van der Waals surface area contributed by atoms with Crippen molar-refractivity contribution in [2.75, 3.05) is 0 Å². The van der Waals surface area contributed by atoms with E-state index in [1.54, 1.807) is 11.3 Å². The molecule has 0 fully saturated rings. The molecular weight excluding hydrogens is 248 g/mol. The fraction of sp³-hybridized carbons (Fsp3) is 0.300. The molecule has 0 amide bonds. The summed E-state index contributed by atoms with van der Waals surface area (Å²) >= 11 is 12.7. The van der Waals surface area contributed by atoms with E-state index in [9.17, 15) is 0 Å². The Hall–Kier alpha value is -0.580. The number of halogens is 1. The van der Waals surface area contributed by atoms with Gasteiger partial charge in [-0.25, -0.2) is 0 Å². The molecule has 0 saturated carbocycles. The van der Waals surface area contributed by atoms with Crippen LogP contribution in [0, 0.1) is 4.77 Å². The van der Waals surface area contributed by atoms with Crippen molar-refractivity contribution in [3.63, 3.8) is 0 Å². The van der Waals surface area contributed by atoms with Gasteiger partial charge in [-0.3, -0.25) is 0 Å². The predicted octanol–water partition coefficient (Wildman–Crippen LogP) is 3.87. The topological polar surface area (TPSA) is 20.7 Å². The smallest absolute Gasteiger partial charge is 0.177 e. The zero-order valence-electron chi connectivity index (χ0n) is 8.29. The highest BCUT2D eigenvalue weighted by atomic mass is 35.5. The Morgan fingerprint density at radius 3 is 2.93 bits per heavy atom. The molecule has 0 aliphatic heterocycles. The van der Waals surface area contributed by atoms with E-state index in [2.05, 4.69) is 16.5 Å². The number of nitrogens with zero attached hydrogens (tertiary/aromatic N) is 1. The number of aromatic nitrogens is 2. The van der Waals surface area contributed by atoms with E-state index in [1.165, 1.54) is 10.6 Å². The molecule has 2 nitrogen and oxygen atoms in total. The average Bonchev–Trinajstić information content (AvgIpc) is 2.76. The van der Waals surface area contributed by atoms with Crippen LogP contribution in [-0.2, 0) is 13.0 Å². The molecule has 0 aromatic carbocycles. The molecule has 2 aromatic rings. The van der Waals surface area contributed by atoms with Crippen LogP contribution in [0.4, 0.5) is 0 Å². The number of thiophene rings is 1. The number of hydrogen-bond donors (Lipinski definition) is 1. The Balaban J connectivity index is 2.31. The van der Waals surface area contributed by atoms with Gasteiger partial charge in [-0.05, 0) is 30.8 Å². The third kappa shape index (κ3) is 2.33. The lowest BCUT2D eigenvalue weighted by Gasteiger charge is -2.04. The number of H-pyrrole nitrogens is 1. The standard InChI is InChI=1S/C10H11ClN2S2/c1-2-7-5-12-10(14)13(7)6-8-3-4-9(11)15-8/h3-5H,2,6H2,1H3,(H,12,14). The first-order valence-corrected chi connectivity index (χ1v) is 6.32. The quantitative estimate of drug-likeness (QED) is 0.829. The molecular formula is C10H11ClN2S2. The summed E-state index contributed by atoms with van der Waals surface area (Å²) in [6.07, 6.45) is 2.95. The van der Waals surface area contributed by atoms with Gasteiger partial charge >= 0.3 is 0 Å². The van der Waals surface area contributed by atoms with Crippen LogP contribution in [-0.4, -0.2) is 9.55 Å².